The number of carbonyl (C=O) groups excluding carboxylic acids is 2. The van der Waals surface area contributed by atoms with E-state index in [0.717, 1.165) is 25.0 Å². The normalized spacial score (nSPS) is 18.4. The molecule has 1 aromatic rings. The lowest BCUT2D eigenvalue weighted by molar-refractivity contribution is -0.124. The number of benzene rings is 1. The second-order valence-corrected chi connectivity index (χ2v) is 5.90. The van der Waals surface area contributed by atoms with Crippen molar-refractivity contribution in [2.45, 2.75) is 32.4 Å². The zero-order chi connectivity index (χ0) is 16.7. The Morgan fingerprint density at radius 1 is 1.39 bits per heavy atom. The molecule has 0 radical (unpaired) electrons. The quantitative estimate of drug-likeness (QED) is 0.693. The predicted molar refractivity (Wildman–Crippen MR) is 87.8 cm³/mol. The van der Waals surface area contributed by atoms with Gasteiger partial charge in [0.1, 0.15) is 0 Å². The van der Waals surface area contributed by atoms with Gasteiger partial charge in [-0.25, -0.2) is 0 Å². The number of amides is 2. The van der Waals surface area contributed by atoms with E-state index in [2.05, 4.69) is 10.6 Å². The van der Waals surface area contributed by atoms with Gasteiger partial charge in [-0.2, -0.15) is 0 Å². The van der Waals surface area contributed by atoms with E-state index in [1.165, 1.54) is 0 Å². The fraction of sp³-hybridized carbons (Fsp3) is 0.529. The van der Waals surface area contributed by atoms with E-state index in [-0.39, 0.29) is 23.8 Å². The Hall–Kier alpha value is -1.92. The Labute approximate surface area is 136 Å². The van der Waals surface area contributed by atoms with Gasteiger partial charge in [-0.1, -0.05) is 19.1 Å². The standard InChI is InChI=1S/C17H25N3O3/c1-12(9-18)16(21)19-10-13-4-2-5-14(8-13)17(22)20-11-15-6-3-7-23-15/h2,4-5,8,12,15H,3,6-7,9-11,18H2,1H3,(H,19,21)(H,20,22). The fourth-order valence-electron chi connectivity index (χ4n) is 2.41. The molecule has 2 unspecified atom stereocenters. The topological polar surface area (TPSA) is 93.5 Å². The number of rotatable bonds is 7. The highest BCUT2D eigenvalue weighted by Crippen LogP contribution is 2.11. The average molecular weight is 319 g/mol. The molecule has 1 aliphatic rings. The molecule has 2 amide bonds. The van der Waals surface area contributed by atoms with Crippen molar-refractivity contribution in [3.63, 3.8) is 0 Å². The van der Waals surface area contributed by atoms with E-state index in [1.807, 2.05) is 12.1 Å². The maximum absolute atomic E-state index is 12.2. The summed E-state index contributed by atoms with van der Waals surface area (Å²) in [4.78, 5) is 23.9. The van der Waals surface area contributed by atoms with Gasteiger partial charge >= 0.3 is 0 Å². The zero-order valence-corrected chi connectivity index (χ0v) is 13.5. The highest BCUT2D eigenvalue weighted by atomic mass is 16.5. The second-order valence-electron chi connectivity index (χ2n) is 5.90. The maximum atomic E-state index is 12.2. The minimum Gasteiger partial charge on any atom is -0.376 e. The molecule has 1 saturated heterocycles. The molecule has 0 saturated carbocycles. The predicted octanol–water partition coefficient (Wildman–Crippen LogP) is 0.806. The van der Waals surface area contributed by atoms with Crippen LogP contribution in [0.2, 0.25) is 0 Å². The van der Waals surface area contributed by atoms with Gasteiger partial charge in [-0.15, -0.1) is 0 Å². The van der Waals surface area contributed by atoms with Crippen LogP contribution in [0.1, 0.15) is 35.7 Å². The van der Waals surface area contributed by atoms with Gasteiger partial charge in [0.05, 0.1) is 6.10 Å². The van der Waals surface area contributed by atoms with Crippen LogP contribution in [0, 0.1) is 5.92 Å². The van der Waals surface area contributed by atoms with Crippen LogP contribution >= 0.6 is 0 Å². The SMILES string of the molecule is CC(CN)C(=O)NCc1cccc(C(=O)NCC2CCCO2)c1. The lowest BCUT2D eigenvalue weighted by atomic mass is 10.1. The van der Waals surface area contributed by atoms with Crippen molar-refractivity contribution in [3.05, 3.63) is 35.4 Å². The highest BCUT2D eigenvalue weighted by Gasteiger charge is 2.17. The Bertz CT molecular complexity index is 542. The lowest BCUT2D eigenvalue weighted by Crippen LogP contribution is -2.33. The molecule has 1 aromatic carbocycles. The molecule has 6 heteroatoms. The summed E-state index contributed by atoms with van der Waals surface area (Å²) in [5.74, 6) is -0.419. The van der Waals surface area contributed by atoms with Crippen molar-refractivity contribution >= 4 is 11.8 Å². The van der Waals surface area contributed by atoms with Crippen LogP contribution in [0.5, 0.6) is 0 Å². The van der Waals surface area contributed by atoms with Gasteiger partial charge in [0.15, 0.2) is 0 Å². The van der Waals surface area contributed by atoms with E-state index in [9.17, 15) is 9.59 Å². The summed E-state index contributed by atoms with van der Waals surface area (Å²) in [6, 6.07) is 7.25. The summed E-state index contributed by atoms with van der Waals surface area (Å²) in [5, 5.41) is 5.71. The third-order valence-corrected chi connectivity index (χ3v) is 3.97. The molecule has 2 rings (SSSR count). The molecule has 1 heterocycles. The van der Waals surface area contributed by atoms with Crippen molar-refractivity contribution in [2.75, 3.05) is 19.7 Å². The van der Waals surface area contributed by atoms with Crippen molar-refractivity contribution < 1.29 is 14.3 Å². The second kappa shape index (κ2) is 8.64. The molecule has 1 aliphatic heterocycles. The molecule has 0 aromatic heterocycles. The lowest BCUT2D eigenvalue weighted by Gasteiger charge is -2.12. The first-order valence-electron chi connectivity index (χ1n) is 8.06. The Balaban J connectivity index is 1.85. The molecular weight excluding hydrogens is 294 g/mol. The van der Waals surface area contributed by atoms with Gasteiger partial charge < -0.3 is 21.1 Å². The van der Waals surface area contributed by atoms with E-state index >= 15 is 0 Å². The molecule has 0 bridgehead atoms. The number of carbonyl (C=O) groups is 2. The number of nitrogens with one attached hydrogen (secondary N) is 2. The van der Waals surface area contributed by atoms with Crippen LogP contribution in [0.15, 0.2) is 24.3 Å². The van der Waals surface area contributed by atoms with E-state index in [1.54, 1.807) is 19.1 Å². The Kier molecular flexibility index (Phi) is 6.55. The highest BCUT2D eigenvalue weighted by molar-refractivity contribution is 5.94. The minimum absolute atomic E-state index is 0.0827. The largest absolute Gasteiger partial charge is 0.376 e. The molecular formula is C17H25N3O3. The molecule has 23 heavy (non-hydrogen) atoms. The number of hydrogen-bond donors (Lipinski definition) is 3. The van der Waals surface area contributed by atoms with Crippen molar-refractivity contribution in [1.29, 1.82) is 0 Å². The summed E-state index contributed by atoms with van der Waals surface area (Å²) < 4.78 is 5.49. The van der Waals surface area contributed by atoms with Gasteiger partial charge in [0.2, 0.25) is 5.91 Å². The fourth-order valence-corrected chi connectivity index (χ4v) is 2.41. The van der Waals surface area contributed by atoms with Gasteiger partial charge in [0, 0.05) is 37.7 Å². The van der Waals surface area contributed by atoms with Crippen molar-refractivity contribution in [3.8, 4) is 0 Å². The van der Waals surface area contributed by atoms with Gasteiger partial charge in [0.25, 0.3) is 5.91 Å². The van der Waals surface area contributed by atoms with Crippen LogP contribution in [0.4, 0.5) is 0 Å². The Morgan fingerprint density at radius 2 is 2.22 bits per heavy atom. The summed E-state index contributed by atoms with van der Waals surface area (Å²) in [5.41, 5.74) is 6.93. The monoisotopic (exact) mass is 319 g/mol. The average Bonchev–Trinajstić information content (AvgIpc) is 3.10. The number of hydrogen-bond acceptors (Lipinski definition) is 4. The van der Waals surface area contributed by atoms with E-state index < -0.39 is 0 Å². The molecule has 2 atom stereocenters. The van der Waals surface area contributed by atoms with Gasteiger partial charge in [-0.05, 0) is 30.5 Å². The first kappa shape index (κ1) is 17.4. The summed E-state index contributed by atoms with van der Waals surface area (Å²) in [6.07, 6.45) is 2.17. The van der Waals surface area contributed by atoms with E-state index in [0.29, 0.717) is 25.2 Å². The van der Waals surface area contributed by atoms with Crippen LogP contribution in [0.25, 0.3) is 0 Å². The van der Waals surface area contributed by atoms with Crippen molar-refractivity contribution in [2.24, 2.45) is 11.7 Å². The summed E-state index contributed by atoms with van der Waals surface area (Å²) in [7, 11) is 0. The molecule has 4 N–H and O–H groups in total. The number of ether oxygens (including phenoxy) is 1. The zero-order valence-electron chi connectivity index (χ0n) is 13.5. The minimum atomic E-state index is -0.215. The first-order chi connectivity index (χ1) is 11.1. The third-order valence-electron chi connectivity index (χ3n) is 3.97. The number of nitrogens with two attached hydrogens (primary N) is 1. The molecule has 1 fully saturated rings. The summed E-state index contributed by atoms with van der Waals surface area (Å²) >= 11 is 0. The third kappa shape index (κ3) is 5.33. The van der Waals surface area contributed by atoms with Crippen LogP contribution in [0.3, 0.4) is 0 Å². The maximum Gasteiger partial charge on any atom is 0.251 e. The molecule has 0 aliphatic carbocycles. The van der Waals surface area contributed by atoms with Crippen LogP contribution in [-0.2, 0) is 16.1 Å². The van der Waals surface area contributed by atoms with Crippen LogP contribution < -0.4 is 16.4 Å². The van der Waals surface area contributed by atoms with E-state index in [4.69, 9.17) is 10.5 Å². The van der Waals surface area contributed by atoms with Gasteiger partial charge in [-0.3, -0.25) is 9.59 Å². The first-order valence-corrected chi connectivity index (χ1v) is 8.06. The molecule has 0 spiro atoms. The van der Waals surface area contributed by atoms with Crippen LogP contribution in [-0.4, -0.2) is 37.6 Å². The molecule has 6 nitrogen and oxygen atoms in total. The smallest absolute Gasteiger partial charge is 0.251 e. The Morgan fingerprint density at radius 3 is 2.91 bits per heavy atom. The summed E-state index contributed by atoms with van der Waals surface area (Å²) in [6.45, 7) is 3.79. The van der Waals surface area contributed by atoms with Crippen molar-refractivity contribution in [1.82, 2.24) is 10.6 Å². The molecule has 126 valence electrons.